The van der Waals surface area contributed by atoms with Gasteiger partial charge in [0.25, 0.3) is 5.91 Å². The van der Waals surface area contributed by atoms with Crippen LogP contribution in [0.3, 0.4) is 0 Å². The van der Waals surface area contributed by atoms with Crippen LogP contribution in [-0.2, 0) is 0 Å². The number of para-hydroxylation sites is 1. The minimum absolute atomic E-state index is 0.0311. The van der Waals surface area contributed by atoms with Crippen molar-refractivity contribution >= 4 is 22.9 Å². The van der Waals surface area contributed by atoms with E-state index in [0.717, 1.165) is 17.7 Å². The van der Waals surface area contributed by atoms with Gasteiger partial charge >= 0.3 is 0 Å². The van der Waals surface area contributed by atoms with Crippen molar-refractivity contribution < 1.29 is 4.79 Å². The molecule has 0 saturated carbocycles. The molecule has 0 fully saturated rings. The van der Waals surface area contributed by atoms with Gasteiger partial charge in [-0.15, -0.1) is 11.3 Å². The fourth-order valence-electron chi connectivity index (χ4n) is 3.91. The Balaban J connectivity index is 1.85. The van der Waals surface area contributed by atoms with Crippen molar-refractivity contribution in [1.82, 2.24) is 5.32 Å². The van der Waals surface area contributed by atoms with Gasteiger partial charge in [0.2, 0.25) is 0 Å². The van der Waals surface area contributed by atoms with E-state index in [1.165, 1.54) is 16.0 Å². The average Bonchev–Trinajstić information content (AvgIpc) is 3.22. The van der Waals surface area contributed by atoms with Crippen LogP contribution in [0.2, 0.25) is 0 Å². The van der Waals surface area contributed by atoms with Crippen LogP contribution >= 0.6 is 11.3 Å². The zero-order valence-corrected chi connectivity index (χ0v) is 14.1. The molecule has 4 rings (SSSR count). The van der Waals surface area contributed by atoms with Gasteiger partial charge in [0.05, 0.1) is 17.3 Å². The number of aryl methyl sites for hydroxylation is 1. The maximum atomic E-state index is 12.3. The van der Waals surface area contributed by atoms with E-state index in [0.29, 0.717) is 11.8 Å². The normalized spacial score (nSPS) is 24.7. The second kappa shape index (κ2) is 5.53. The predicted octanol–water partition coefficient (Wildman–Crippen LogP) is 4.24. The lowest BCUT2D eigenvalue weighted by Crippen LogP contribution is -2.31. The zero-order valence-electron chi connectivity index (χ0n) is 13.3. The van der Waals surface area contributed by atoms with E-state index in [1.807, 2.05) is 23.5 Å². The maximum absolute atomic E-state index is 12.3. The second-order valence-corrected chi connectivity index (χ2v) is 7.24. The molecule has 0 saturated heterocycles. The molecule has 1 amide bonds. The molecule has 0 radical (unpaired) electrons. The van der Waals surface area contributed by atoms with E-state index in [1.54, 1.807) is 7.05 Å². The molecule has 1 aliphatic heterocycles. The van der Waals surface area contributed by atoms with Crippen molar-refractivity contribution in [3.8, 4) is 0 Å². The first-order valence-corrected chi connectivity index (χ1v) is 8.91. The summed E-state index contributed by atoms with van der Waals surface area (Å²) in [6, 6.07) is 8.50. The van der Waals surface area contributed by atoms with Crippen molar-refractivity contribution in [2.75, 3.05) is 12.4 Å². The fraction of sp³-hybridized carbons (Fsp3) is 0.316. The van der Waals surface area contributed by atoms with Gasteiger partial charge in [0.1, 0.15) is 0 Å². The molecular formula is C19H20N2OS. The minimum Gasteiger partial charge on any atom is -0.376 e. The van der Waals surface area contributed by atoms with Crippen molar-refractivity contribution in [3.05, 3.63) is 63.4 Å². The average molecular weight is 324 g/mol. The highest BCUT2D eigenvalue weighted by Gasteiger charge is 2.40. The van der Waals surface area contributed by atoms with E-state index in [2.05, 4.69) is 47.2 Å². The molecule has 118 valence electrons. The predicted molar refractivity (Wildman–Crippen MR) is 95.2 cm³/mol. The molecule has 1 aliphatic carbocycles. The monoisotopic (exact) mass is 324 g/mol. The van der Waals surface area contributed by atoms with E-state index in [4.69, 9.17) is 0 Å². The molecule has 2 aliphatic rings. The van der Waals surface area contributed by atoms with Crippen LogP contribution < -0.4 is 10.6 Å². The number of nitrogens with one attached hydrogen (secondary N) is 2. The van der Waals surface area contributed by atoms with Gasteiger partial charge in [-0.2, -0.15) is 0 Å². The van der Waals surface area contributed by atoms with Crippen LogP contribution in [0, 0.1) is 12.8 Å². The van der Waals surface area contributed by atoms with Gasteiger partial charge in [0, 0.05) is 17.8 Å². The summed E-state index contributed by atoms with van der Waals surface area (Å²) in [4.78, 5) is 13.7. The first-order chi connectivity index (χ1) is 11.2. The Kier molecular flexibility index (Phi) is 3.49. The van der Waals surface area contributed by atoms with Crippen LogP contribution in [0.15, 0.2) is 41.8 Å². The third kappa shape index (κ3) is 2.20. The molecule has 4 heteroatoms. The third-order valence-corrected chi connectivity index (χ3v) is 6.15. The molecule has 1 aromatic heterocycles. The van der Waals surface area contributed by atoms with Crippen LogP contribution in [0.5, 0.6) is 0 Å². The van der Waals surface area contributed by atoms with Gasteiger partial charge in [-0.1, -0.05) is 24.3 Å². The van der Waals surface area contributed by atoms with Crippen molar-refractivity contribution in [2.24, 2.45) is 5.92 Å². The first-order valence-electron chi connectivity index (χ1n) is 8.03. The van der Waals surface area contributed by atoms with Crippen LogP contribution in [0.1, 0.15) is 44.7 Å². The topological polar surface area (TPSA) is 41.1 Å². The van der Waals surface area contributed by atoms with Gasteiger partial charge in [-0.3, -0.25) is 4.79 Å². The Bertz CT molecular complexity index is 792. The Hall–Kier alpha value is -2.07. The largest absolute Gasteiger partial charge is 0.376 e. The number of rotatable bonds is 2. The summed E-state index contributed by atoms with van der Waals surface area (Å²) in [5.41, 5.74) is 4.31. The summed E-state index contributed by atoms with van der Waals surface area (Å²) in [5.74, 6) is 0.888. The molecule has 2 heterocycles. The Morgan fingerprint density at radius 1 is 1.35 bits per heavy atom. The first kappa shape index (κ1) is 14.5. The van der Waals surface area contributed by atoms with E-state index in [9.17, 15) is 4.79 Å². The number of hydrogen-bond donors (Lipinski definition) is 2. The fourth-order valence-corrected chi connectivity index (χ4v) is 4.96. The van der Waals surface area contributed by atoms with E-state index >= 15 is 0 Å². The smallest absolute Gasteiger partial charge is 0.253 e. The van der Waals surface area contributed by atoms with Gasteiger partial charge < -0.3 is 10.6 Å². The molecule has 1 aromatic carbocycles. The van der Waals surface area contributed by atoms with Crippen molar-refractivity contribution in [1.29, 1.82) is 0 Å². The van der Waals surface area contributed by atoms with Crippen LogP contribution in [0.25, 0.3) is 0 Å². The molecule has 2 aromatic rings. The summed E-state index contributed by atoms with van der Waals surface area (Å²) < 4.78 is 0. The molecule has 23 heavy (non-hydrogen) atoms. The standard InChI is InChI=1S/C19H20N2OS/c1-11-9-10-23-18(11)17-14-7-3-5-12(14)13-6-4-8-15(16(13)21-17)19(22)20-2/h3-6,8-10,12,14,17,21H,7H2,1-2H3,(H,20,22). The van der Waals surface area contributed by atoms with Gasteiger partial charge in [-0.25, -0.2) is 0 Å². The lowest BCUT2D eigenvalue weighted by atomic mass is 9.77. The summed E-state index contributed by atoms with van der Waals surface area (Å²) in [6.45, 7) is 2.17. The minimum atomic E-state index is -0.0311. The summed E-state index contributed by atoms with van der Waals surface area (Å²) >= 11 is 1.81. The lowest BCUT2D eigenvalue weighted by Gasteiger charge is -2.38. The number of allylic oxidation sites excluding steroid dienone is 2. The number of amides is 1. The van der Waals surface area contributed by atoms with Crippen molar-refractivity contribution in [3.63, 3.8) is 0 Å². The molecule has 0 bridgehead atoms. The number of carbonyl (C=O) groups is 1. The number of carbonyl (C=O) groups excluding carboxylic acids is 1. The van der Waals surface area contributed by atoms with Gasteiger partial charge in [0.15, 0.2) is 0 Å². The quantitative estimate of drug-likeness (QED) is 0.811. The highest BCUT2D eigenvalue weighted by Crippen LogP contribution is 2.51. The van der Waals surface area contributed by atoms with Crippen molar-refractivity contribution in [2.45, 2.75) is 25.3 Å². The number of hydrogen-bond acceptors (Lipinski definition) is 3. The maximum Gasteiger partial charge on any atom is 0.253 e. The number of benzene rings is 1. The molecule has 3 nitrogen and oxygen atoms in total. The second-order valence-electron chi connectivity index (χ2n) is 6.29. The number of anilines is 1. The molecule has 3 atom stereocenters. The number of thiophene rings is 1. The third-order valence-electron chi connectivity index (χ3n) is 5.05. The highest BCUT2D eigenvalue weighted by molar-refractivity contribution is 7.10. The van der Waals surface area contributed by atoms with Gasteiger partial charge in [-0.05, 0) is 47.9 Å². The SMILES string of the molecule is CNC(=O)c1cccc2c1NC(c1sccc1C)C1CC=CC21. The Morgan fingerprint density at radius 2 is 2.22 bits per heavy atom. The lowest BCUT2D eigenvalue weighted by molar-refractivity contribution is 0.0963. The van der Waals surface area contributed by atoms with Crippen LogP contribution in [0.4, 0.5) is 5.69 Å². The summed E-state index contributed by atoms with van der Waals surface area (Å²) in [7, 11) is 1.68. The van der Waals surface area contributed by atoms with E-state index in [-0.39, 0.29) is 11.9 Å². The van der Waals surface area contributed by atoms with Crippen LogP contribution in [-0.4, -0.2) is 13.0 Å². The van der Waals surface area contributed by atoms with E-state index < -0.39 is 0 Å². The summed E-state index contributed by atoms with van der Waals surface area (Å²) in [6.07, 6.45) is 5.69. The Morgan fingerprint density at radius 3 is 2.96 bits per heavy atom. The number of fused-ring (bicyclic) bond motifs is 3. The molecule has 0 spiro atoms. The molecule has 2 N–H and O–H groups in total. The molecular weight excluding hydrogens is 304 g/mol. The highest BCUT2D eigenvalue weighted by atomic mass is 32.1. The molecule has 3 unspecified atom stereocenters. The summed E-state index contributed by atoms with van der Waals surface area (Å²) in [5, 5.41) is 8.62. The zero-order chi connectivity index (χ0) is 16.0. The Labute approximate surface area is 140 Å².